The van der Waals surface area contributed by atoms with Crippen LogP contribution in [0.1, 0.15) is 5.69 Å². The van der Waals surface area contributed by atoms with E-state index in [-0.39, 0.29) is 0 Å². The summed E-state index contributed by atoms with van der Waals surface area (Å²) in [5, 5.41) is 21.9. The fourth-order valence-corrected chi connectivity index (χ4v) is 1.53. The Morgan fingerprint density at radius 3 is 2.25 bits per heavy atom. The molecule has 24 heavy (non-hydrogen) atoms. The van der Waals surface area contributed by atoms with Gasteiger partial charge >= 0.3 is 12.1 Å². The number of aromatic nitrogens is 2. The van der Waals surface area contributed by atoms with Gasteiger partial charge in [-0.1, -0.05) is 18.2 Å². The van der Waals surface area contributed by atoms with Crippen LogP contribution in [0, 0.1) is 0 Å². The predicted octanol–water partition coefficient (Wildman–Crippen LogP) is -0.591. The summed E-state index contributed by atoms with van der Waals surface area (Å²) in [6.45, 7) is 0. The van der Waals surface area contributed by atoms with Crippen molar-refractivity contribution in [3.63, 3.8) is 0 Å². The lowest BCUT2D eigenvalue weighted by Crippen LogP contribution is -2.66. The maximum atomic E-state index is 10.7. The minimum atomic E-state index is -5.19. The van der Waals surface area contributed by atoms with Crippen molar-refractivity contribution < 1.29 is 38.7 Å². The van der Waals surface area contributed by atoms with Gasteiger partial charge in [0, 0.05) is 6.20 Å². The number of hydrogen-bond acceptors (Lipinski definition) is 4. The van der Waals surface area contributed by atoms with Crippen molar-refractivity contribution in [3.05, 3.63) is 48.3 Å². The molecule has 0 saturated heterocycles. The number of quaternary nitrogens is 1. The van der Waals surface area contributed by atoms with Crippen molar-refractivity contribution in [2.24, 2.45) is 0 Å². The lowest BCUT2D eigenvalue weighted by Gasteiger charge is -2.03. The number of carbonyl (C=O) groups is 2. The second kappa shape index (κ2) is 8.11. The molecule has 0 aliphatic rings. The second-order valence-corrected chi connectivity index (χ2v) is 4.61. The summed E-state index contributed by atoms with van der Waals surface area (Å²) in [4.78, 5) is 19.5. The Kier molecular flexibility index (Phi) is 6.48. The average molecular weight is 345 g/mol. The number of carboxylic acid groups (broad SMARTS) is 2. The normalized spacial score (nSPS) is 12.0. The lowest BCUT2D eigenvalue weighted by atomic mass is 10.2. The largest absolute Gasteiger partial charge is 0.542 e. The van der Waals surface area contributed by atoms with Gasteiger partial charge in [-0.05, 0) is 18.2 Å². The zero-order valence-corrected chi connectivity index (χ0v) is 12.2. The molecular formula is C14H14F3N3O4. The van der Waals surface area contributed by atoms with Crippen LogP contribution in [-0.2, 0) is 16.0 Å². The van der Waals surface area contributed by atoms with E-state index in [2.05, 4.69) is 10.8 Å². The molecule has 4 N–H and O–H groups in total. The molecule has 0 amide bonds. The van der Waals surface area contributed by atoms with E-state index >= 15 is 0 Å². The molecule has 0 saturated carbocycles. The molecule has 1 heterocycles. The van der Waals surface area contributed by atoms with Gasteiger partial charge in [-0.15, -0.1) is 0 Å². The molecule has 7 nitrogen and oxygen atoms in total. The lowest BCUT2D eigenvalue weighted by molar-refractivity contribution is -0.407. The van der Waals surface area contributed by atoms with Crippen LogP contribution in [0.5, 0.6) is 0 Å². The Morgan fingerprint density at radius 2 is 1.79 bits per heavy atom. The fourth-order valence-electron chi connectivity index (χ4n) is 1.53. The first kappa shape index (κ1) is 19.2. The highest BCUT2D eigenvalue weighted by atomic mass is 19.4. The number of hydrogen-bond donors (Lipinski definition) is 2. The first-order valence-electron chi connectivity index (χ1n) is 6.55. The van der Waals surface area contributed by atoms with Crippen LogP contribution in [0.15, 0.2) is 42.6 Å². The maximum absolute atomic E-state index is 10.7. The van der Waals surface area contributed by atoms with Crippen LogP contribution in [0.3, 0.4) is 0 Å². The van der Waals surface area contributed by atoms with E-state index in [0.717, 1.165) is 11.4 Å². The molecule has 1 aromatic heterocycles. The van der Waals surface area contributed by atoms with E-state index in [0.29, 0.717) is 6.42 Å². The minimum absolute atomic E-state index is 0.342. The highest BCUT2D eigenvalue weighted by Crippen LogP contribution is 2.11. The molecule has 0 fully saturated rings. The number of aliphatic carboxylic acids is 2. The highest BCUT2D eigenvalue weighted by Gasteiger charge is 2.28. The number of benzene rings is 1. The van der Waals surface area contributed by atoms with E-state index in [9.17, 15) is 18.0 Å². The van der Waals surface area contributed by atoms with Crippen molar-refractivity contribution >= 4 is 11.9 Å². The van der Waals surface area contributed by atoms with E-state index in [1.54, 1.807) is 4.68 Å². The van der Waals surface area contributed by atoms with Crippen LogP contribution >= 0.6 is 0 Å². The number of alkyl halides is 3. The first-order chi connectivity index (χ1) is 11.1. The minimum Gasteiger partial charge on any atom is -0.542 e. The molecule has 2 rings (SSSR count). The summed E-state index contributed by atoms with van der Waals surface area (Å²) in [5.41, 5.74) is 5.25. The van der Waals surface area contributed by atoms with Crippen molar-refractivity contribution in [1.82, 2.24) is 9.78 Å². The number of para-hydroxylation sites is 1. The number of halogens is 3. The third-order valence-electron chi connectivity index (χ3n) is 2.70. The van der Waals surface area contributed by atoms with Gasteiger partial charge in [0.1, 0.15) is 5.97 Å². The van der Waals surface area contributed by atoms with Crippen molar-refractivity contribution in [3.8, 4) is 5.69 Å². The van der Waals surface area contributed by atoms with Gasteiger partial charge in [0.2, 0.25) is 0 Å². The smallest absolute Gasteiger partial charge is 0.430 e. The Hall–Kier alpha value is -2.88. The number of nitrogens with zero attached hydrogens (tertiary/aromatic N) is 2. The molecule has 0 aliphatic carbocycles. The Morgan fingerprint density at radius 1 is 1.25 bits per heavy atom. The molecule has 1 aromatic carbocycles. The van der Waals surface area contributed by atoms with E-state index < -0.39 is 24.2 Å². The third-order valence-corrected chi connectivity index (χ3v) is 2.70. The summed E-state index contributed by atoms with van der Waals surface area (Å²) in [5.74, 6) is -3.91. The zero-order chi connectivity index (χ0) is 18.3. The van der Waals surface area contributed by atoms with Crippen LogP contribution in [0.25, 0.3) is 5.69 Å². The Labute approximate surface area is 134 Å². The molecule has 130 valence electrons. The summed E-state index contributed by atoms with van der Waals surface area (Å²) < 4.78 is 33.3. The summed E-state index contributed by atoms with van der Waals surface area (Å²) in [6, 6.07) is 10.8. The van der Waals surface area contributed by atoms with Gasteiger partial charge in [0.25, 0.3) is 0 Å². The molecule has 0 aliphatic heterocycles. The Balaban J connectivity index is 0.000000351. The quantitative estimate of drug-likeness (QED) is 0.767. The monoisotopic (exact) mass is 345 g/mol. The van der Waals surface area contributed by atoms with Gasteiger partial charge in [-0.2, -0.15) is 18.3 Å². The van der Waals surface area contributed by atoms with Gasteiger partial charge < -0.3 is 20.7 Å². The van der Waals surface area contributed by atoms with Gasteiger partial charge in [0.15, 0.2) is 6.04 Å². The van der Waals surface area contributed by atoms with Crippen molar-refractivity contribution in [1.29, 1.82) is 0 Å². The van der Waals surface area contributed by atoms with Gasteiger partial charge in [0.05, 0.1) is 17.8 Å². The Bertz CT molecular complexity index is 686. The van der Waals surface area contributed by atoms with Crippen molar-refractivity contribution in [2.45, 2.75) is 18.6 Å². The van der Waals surface area contributed by atoms with E-state index in [1.807, 2.05) is 42.6 Å². The molecule has 10 heteroatoms. The molecule has 0 radical (unpaired) electrons. The standard InChI is InChI=1S/C12H13N3O2.C2HF3O2/c13-11(12(16)17)8-9-6-7-15(14-9)10-4-2-1-3-5-10;3-2(4,5)1(6)7/h1-7,11H,8,13H2,(H,16,17);(H,6,7)/t11-;/m0./s1. The SMILES string of the molecule is O=C([O-])C(F)(F)F.[NH3+][C@@H](Cc1ccn(-c2ccccc2)n1)C(=O)O. The maximum Gasteiger partial charge on any atom is 0.430 e. The fraction of sp³-hybridized carbons (Fsp3) is 0.214. The molecule has 2 aromatic rings. The summed E-state index contributed by atoms with van der Waals surface area (Å²) in [7, 11) is 0. The molecule has 0 bridgehead atoms. The van der Waals surface area contributed by atoms with Gasteiger partial charge in [-0.3, -0.25) is 0 Å². The van der Waals surface area contributed by atoms with Crippen LogP contribution < -0.4 is 10.8 Å². The first-order valence-corrected chi connectivity index (χ1v) is 6.55. The number of rotatable bonds is 4. The average Bonchev–Trinajstić information content (AvgIpc) is 2.96. The zero-order valence-electron chi connectivity index (χ0n) is 12.2. The molecule has 0 unspecified atom stereocenters. The summed E-state index contributed by atoms with van der Waals surface area (Å²) in [6.07, 6.45) is -3.03. The van der Waals surface area contributed by atoms with Crippen molar-refractivity contribution in [2.75, 3.05) is 0 Å². The van der Waals surface area contributed by atoms with Crippen LogP contribution in [0.2, 0.25) is 0 Å². The highest BCUT2D eigenvalue weighted by molar-refractivity contribution is 5.71. The molecule has 0 spiro atoms. The van der Waals surface area contributed by atoms with Crippen LogP contribution in [-0.4, -0.2) is 39.0 Å². The molecular weight excluding hydrogens is 331 g/mol. The third kappa shape index (κ3) is 6.08. The van der Waals surface area contributed by atoms with Gasteiger partial charge in [-0.25, -0.2) is 9.48 Å². The number of carboxylic acids is 2. The number of carbonyl (C=O) groups excluding carboxylic acids is 1. The second-order valence-electron chi connectivity index (χ2n) is 4.61. The predicted molar refractivity (Wildman–Crippen MR) is 72.6 cm³/mol. The van der Waals surface area contributed by atoms with Crippen LogP contribution in [0.4, 0.5) is 13.2 Å². The van der Waals surface area contributed by atoms with E-state index in [4.69, 9.17) is 15.0 Å². The topological polar surface area (TPSA) is 123 Å². The van der Waals surface area contributed by atoms with E-state index in [1.165, 1.54) is 0 Å². The molecule has 1 atom stereocenters. The summed E-state index contributed by atoms with van der Waals surface area (Å²) >= 11 is 0.